The number of nitrogens with zero attached hydrogens (tertiary/aromatic N) is 1. The number of hydrogen-bond donors (Lipinski definition) is 2. The van der Waals surface area contributed by atoms with Crippen molar-refractivity contribution in [3.63, 3.8) is 0 Å². The number of carboxylic acids is 1. The van der Waals surface area contributed by atoms with Crippen molar-refractivity contribution in [1.82, 2.24) is 4.98 Å². The van der Waals surface area contributed by atoms with Gasteiger partial charge in [-0.05, 0) is 40.2 Å². The van der Waals surface area contributed by atoms with Crippen LogP contribution in [0.15, 0.2) is 34.9 Å². The molecule has 2 aromatic rings. The average molecular weight is 329 g/mol. The Bertz CT molecular complexity index is 650. The van der Waals surface area contributed by atoms with Crippen LogP contribution in [0, 0.1) is 11.6 Å². The number of rotatable bonds is 3. The molecule has 0 aliphatic rings. The van der Waals surface area contributed by atoms with Gasteiger partial charge in [0.15, 0.2) is 11.6 Å². The van der Waals surface area contributed by atoms with E-state index in [1.165, 1.54) is 12.1 Å². The van der Waals surface area contributed by atoms with E-state index in [2.05, 4.69) is 26.2 Å². The van der Waals surface area contributed by atoms with E-state index in [-0.39, 0.29) is 16.0 Å². The molecule has 0 fully saturated rings. The summed E-state index contributed by atoms with van der Waals surface area (Å²) in [5.41, 5.74) is -0.246. The SMILES string of the molecule is O=C(O)c1ccnc(Nc2ccc(Br)c(F)c2)c1F. The number of halogens is 3. The summed E-state index contributed by atoms with van der Waals surface area (Å²) in [6, 6.07) is 5.13. The van der Waals surface area contributed by atoms with E-state index < -0.39 is 23.2 Å². The van der Waals surface area contributed by atoms with Gasteiger partial charge < -0.3 is 10.4 Å². The molecule has 0 unspecified atom stereocenters. The molecule has 0 aliphatic heterocycles. The predicted molar refractivity (Wildman–Crippen MR) is 68.5 cm³/mol. The zero-order valence-electron chi connectivity index (χ0n) is 9.32. The molecule has 2 N–H and O–H groups in total. The molecular formula is C12H7BrF2N2O2. The Kier molecular flexibility index (Phi) is 3.75. The van der Waals surface area contributed by atoms with Crippen LogP contribution in [0.2, 0.25) is 0 Å². The normalized spacial score (nSPS) is 10.3. The molecule has 4 nitrogen and oxygen atoms in total. The molecule has 0 saturated carbocycles. The summed E-state index contributed by atoms with van der Waals surface area (Å²) in [5.74, 6) is -3.20. The molecule has 1 heterocycles. The van der Waals surface area contributed by atoms with Crippen molar-refractivity contribution in [2.75, 3.05) is 5.32 Å². The van der Waals surface area contributed by atoms with E-state index in [0.29, 0.717) is 0 Å². The molecule has 1 aromatic carbocycles. The Labute approximate surface area is 115 Å². The quantitative estimate of drug-likeness (QED) is 0.904. The highest BCUT2D eigenvalue weighted by atomic mass is 79.9. The fourth-order valence-electron chi connectivity index (χ4n) is 1.41. The number of carboxylic acid groups (broad SMARTS) is 1. The van der Waals surface area contributed by atoms with Crippen molar-refractivity contribution in [3.05, 3.63) is 52.1 Å². The highest BCUT2D eigenvalue weighted by molar-refractivity contribution is 9.10. The van der Waals surface area contributed by atoms with Crippen LogP contribution in [0.25, 0.3) is 0 Å². The highest BCUT2D eigenvalue weighted by Crippen LogP contribution is 2.23. The average Bonchev–Trinajstić information content (AvgIpc) is 2.36. The molecule has 0 atom stereocenters. The van der Waals surface area contributed by atoms with Crippen LogP contribution in [-0.2, 0) is 0 Å². The summed E-state index contributed by atoms with van der Waals surface area (Å²) >= 11 is 2.99. The second-order valence-electron chi connectivity index (χ2n) is 3.58. The summed E-state index contributed by atoms with van der Waals surface area (Å²) < 4.78 is 27.3. The first kappa shape index (κ1) is 13.4. The van der Waals surface area contributed by atoms with Gasteiger partial charge in [0.05, 0.1) is 4.47 Å². The van der Waals surface area contributed by atoms with Crippen molar-refractivity contribution in [3.8, 4) is 0 Å². The number of nitrogens with one attached hydrogen (secondary N) is 1. The molecule has 98 valence electrons. The zero-order valence-corrected chi connectivity index (χ0v) is 10.9. The van der Waals surface area contributed by atoms with E-state index in [1.807, 2.05) is 0 Å². The standard InChI is InChI=1S/C12H7BrF2N2O2/c13-8-2-1-6(5-9(8)14)17-11-10(15)7(12(18)19)3-4-16-11/h1-5H,(H,16,17)(H,18,19). The summed E-state index contributed by atoms with van der Waals surface area (Å²) in [4.78, 5) is 14.4. The molecule has 19 heavy (non-hydrogen) atoms. The van der Waals surface area contributed by atoms with Crippen LogP contribution in [0.1, 0.15) is 10.4 Å². The van der Waals surface area contributed by atoms with Crippen LogP contribution in [0.5, 0.6) is 0 Å². The van der Waals surface area contributed by atoms with Gasteiger partial charge in [-0.3, -0.25) is 0 Å². The summed E-state index contributed by atoms with van der Waals surface area (Å²) in [5, 5.41) is 11.3. The third-order valence-corrected chi connectivity index (χ3v) is 2.95. The molecule has 0 saturated heterocycles. The van der Waals surface area contributed by atoms with Crippen LogP contribution >= 0.6 is 15.9 Å². The highest BCUT2D eigenvalue weighted by Gasteiger charge is 2.15. The molecule has 0 bridgehead atoms. The molecular weight excluding hydrogens is 322 g/mol. The number of aromatic carboxylic acids is 1. The Hall–Kier alpha value is -2.02. The van der Waals surface area contributed by atoms with Gasteiger partial charge in [-0.2, -0.15) is 0 Å². The maximum atomic E-state index is 13.8. The number of anilines is 2. The van der Waals surface area contributed by atoms with Crippen LogP contribution < -0.4 is 5.32 Å². The lowest BCUT2D eigenvalue weighted by Gasteiger charge is -2.08. The van der Waals surface area contributed by atoms with E-state index in [9.17, 15) is 13.6 Å². The smallest absolute Gasteiger partial charge is 0.338 e. The number of pyridine rings is 1. The van der Waals surface area contributed by atoms with Gasteiger partial charge in [-0.15, -0.1) is 0 Å². The van der Waals surface area contributed by atoms with Gasteiger partial charge in [0, 0.05) is 11.9 Å². The van der Waals surface area contributed by atoms with Crippen molar-refractivity contribution in [1.29, 1.82) is 0 Å². The summed E-state index contributed by atoms with van der Waals surface area (Å²) in [6.45, 7) is 0. The van der Waals surface area contributed by atoms with E-state index in [1.54, 1.807) is 0 Å². The monoisotopic (exact) mass is 328 g/mol. The zero-order chi connectivity index (χ0) is 14.0. The summed E-state index contributed by atoms with van der Waals surface area (Å²) in [7, 11) is 0. The lowest BCUT2D eigenvalue weighted by Crippen LogP contribution is -2.05. The fourth-order valence-corrected chi connectivity index (χ4v) is 1.65. The van der Waals surface area contributed by atoms with Crippen LogP contribution in [-0.4, -0.2) is 16.1 Å². The van der Waals surface area contributed by atoms with Gasteiger partial charge >= 0.3 is 5.97 Å². The maximum Gasteiger partial charge on any atom is 0.338 e. The number of benzene rings is 1. The van der Waals surface area contributed by atoms with Gasteiger partial charge in [0.1, 0.15) is 11.4 Å². The lowest BCUT2D eigenvalue weighted by atomic mass is 10.2. The molecule has 0 spiro atoms. The second-order valence-corrected chi connectivity index (χ2v) is 4.43. The Balaban J connectivity index is 2.35. The first-order chi connectivity index (χ1) is 8.99. The topological polar surface area (TPSA) is 62.2 Å². The molecule has 1 aromatic heterocycles. The van der Waals surface area contributed by atoms with Crippen molar-refractivity contribution in [2.24, 2.45) is 0 Å². The molecule has 0 amide bonds. The minimum absolute atomic E-state index is 0.259. The number of carbonyl (C=O) groups is 1. The lowest BCUT2D eigenvalue weighted by molar-refractivity contribution is 0.0692. The minimum Gasteiger partial charge on any atom is -0.478 e. The fraction of sp³-hybridized carbons (Fsp3) is 0. The van der Waals surface area contributed by atoms with Crippen molar-refractivity contribution < 1.29 is 18.7 Å². The van der Waals surface area contributed by atoms with E-state index in [0.717, 1.165) is 18.3 Å². The van der Waals surface area contributed by atoms with Crippen LogP contribution in [0.3, 0.4) is 0 Å². The third kappa shape index (κ3) is 2.87. The van der Waals surface area contributed by atoms with Gasteiger partial charge in [-0.1, -0.05) is 0 Å². The Morgan fingerprint density at radius 2 is 2.05 bits per heavy atom. The molecule has 7 heteroatoms. The Morgan fingerprint density at radius 3 is 2.68 bits per heavy atom. The van der Waals surface area contributed by atoms with Crippen molar-refractivity contribution in [2.45, 2.75) is 0 Å². The van der Waals surface area contributed by atoms with Crippen molar-refractivity contribution >= 4 is 33.4 Å². The number of aromatic nitrogens is 1. The Morgan fingerprint density at radius 1 is 1.32 bits per heavy atom. The molecule has 0 aliphatic carbocycles. The van der Waals surface area contributed by atoms with Crippen LogP contribution in [0.4, 0.5) is 20.3 Å². The second kappa shape index (κ2) is 5.31. The first-order valence-corrected chi connectivity index (χ1v) is 5.88. The molecule has 0 radical (unpaired) electrons. The minimum atomic E-state index is -1.40. The maximum absolute atomic E-state index is 13.8. The summed E-state index contributed by atoms with van der Waals surface area (Å²) in [6.07, 6.45) is 1.16. The van der Waals surface area contributed by atoms with Gasteiger partial charge in [-0.25, -0.2) is 18.6 Å². The predicted octanol–water partition coefficient (Wildman–Crippen LogP) is 3.56. The van der Waals surface area contributed by atoms with Gasteiger partial charge in [0.2, 0.25) is 0 Å². The third-order valence-electron chi connectivity index (χ3n) is 2.30. The first-order valence-electron chi connectivity index (χ1n) is 5.09. The number of hydrogen-bond acceptors (Lipinski definition) is 3. The molecule has 2 rings (SSSR count). The van der Waals surface area contributed by atoms with E-state index >= 15 is 0 Å². The van der Waals surface area contributed by atoms with Gasteiger partial charge in [0.25, 0.3) is 0 Å². The van der Waals surface area contributed by atoms with E-state index in [4.69, 9.17) is 5.11 Å². The largest absolute Gasteiger partial charge is 0.478 e.